The molecule has 1 aromatic rings. The van der Waals surface area contributed by atoms with E-state index < -0.39 is 0 Å². The topological polar surface area (TPSA) is 33.3 Å². The number of benzene rings is 1. The summed E-state index contributed by atoms with van der Waals surface area (Å²) in [6.07, 6.45) is 2.28. The molecule has 3 nitrogen and oxygen atoms in total. The molecule has 3 heteroatoms. The quantitative estimate of drug-likeness (QED) is 0.676. The molecule has 1 unspecified atom stereocenters. The van der Waals surface area contributed by atoms with Crippen LogP contribution in [0, 0.1) is 0 Å². The molecule has 17 heavy (non-hydrogen) atoms. The molecule has 0 saturated heterocycles. The Bertz CT molecular complexity index is 298. The van der Waals surface area contributed by atoms with Gasteiger partial charge in [-0.05, 0) is 51.1 Å². The predicted octanol–water partition coefficient (Wildman–Crippen LogP) is 1.83. The summed E-state index contributed by atoms with van der Waals surface area (Å²) in [6, 6.07) is 8.85. The third-order valence-corrected chi connectivity index (χ3v) is 2.80. The Morgan fingerprint density at radius 2 is 1.94 bits per heavy atom. The molecule has 0 bridgehead atoms. The molecule has 0 aromatic heterocycles. The van der Waals surface area contributed by atoms with E-state index in [9.17, 15) is 0 Å². The molecule has 1 rings (SSSR count). The molecule has 0 amide bonds. The lowest BCUT2D eigenvalue weighted by molar-refractivity contribution is 0.414. The molecule has 0 aliphatic rings. The van der Waals surface area contributed by atoms with Crippen LogP contribution in [-0.4, -0.2) is 33.3 Å². The molecular formula is C14H24N2O. The van der Waals surface area contributed by atoms with Crippen molar-refractivity contribution in [3.8, 4) is 5.75 Å². The zero-order valence-corrected chi connectivity index (χ0v) is 11.1. The maximum absolute atomic E-state index is 5.13. The van der Waals surface area contributed by atoms with Gasteiger partial charge in [0.25, 0.3) is 0 Å². The van der Waals surface area contributed by atoms with Crippen LogP contribution in [0.3, 0.4) is 0 Å². The van der Waals surface area contributed by atoms with Crippen molar-refractivity contribution in [3.05, 3.63) is 29.8 Å². The van der Waals surface area contributed by atoms with Crippen LogP contribution in [0.1, 0.15) is 18.9 Å². The van der Waals surface area contributed by atoms with E-state index in [1.54, 1.807) is 7.11 Å². The van der Waals surface area contributed by atoms with Gasteiger partial charge < -0.3 is 15.4 Å². The number of hydrogen-bond donors (Lipinski definition) is 2. The van der Waals surface area contributed by atoms with Gasteiger partial charge in [-0.3, -0.25) is 0 Å². The number of aryl methyl sites for hydroxylation is 1. The Kier molecular flexibility index (Phi) is 6.67. The number of nitrogens with one attached hydrogen (secondary N) is 2. The lowest BCUT2D eigenvalue weighted by atomic mass is 10.1. The Hall–Kier alpha value is -1.06. The van der Waals surface area contributed by atoms with Crippen LogP contribution in [-0.2, 0) is 6.42 Å². The monoisotopic (exact) mass is 236 g/mol. The van der Waals surface area contributed by atoms with E-state index >= 15 is 0 Å². The van der Waals surface area contributed by atoms with Crippen LogP contribution in [0.25, 0.3) is 0 Å². The van der Waals surface area contributed by atoms with E-state index in [4.69, 9.17) is 4.74 Å². The largest absolute Gasteiger partial charge is 0.497 e. The fraction of sp³-hybridized carbons (Fsp3) is 0.571. The molecule has 0 saturated carbocycles. The molecule has 0 heterocycles. The molecule has 2 N–H and O–H groups in total. The second-order valence-corrected chi connectivity index (χ2v) is 4.36. The molecule has 96 valence electrons. The summed E-state index contributed by atoms with van der Waals surface area (Å²) in [6.45, 7) is 4.28. The van der Waals surface area contributed by atoms with Crippen molar-refractivity contribution in [3.63, 3.8) is 0 Å². The van der Waals surface area contributed by atoms with Crippen molar-refractivity contribution in [1.29, 1.82) is 0 Å². The van der Waals surface area contributed by atoms with Crippen LogP contribution >= 0.6 is 0 Å². The number of likely N-dealkylation sites (N-methyl/N-ethyl adjacent to an activating group) is 1. The van der Waals surface area contributed by atoms with E-state index in [1.807, 2.05) is 19.2 Å². The van der Waals surface area contributed by atoms with Crippen molar-refractivity contribution in [2.24, 2.45) is 0 Å². The third-order valence-electron chi connectivity index (χ3n) is 2.80. The second kappa shape index (κ2) is 8.09. The fourth-order valence-corrected chi connectivity index (χ4v) is 1.81. The third kappa shape index (κ3) is 5.71. The van der Waals surface area contributed by atoms with Crippen molar-refractivity contribution in [1.82, 2.24) is 10.6 Å². The average molecular weight is 236 g/mol. The van der Waals surface area contributed by atoms with Gasteiger partial charge in [0.15, 0.2) is 0 Å². The minimum absolute atomic E-state index is 0.538. The first-order valence-corrected chi connectivity index (χ1v) is 6.27. The standard InChI is InChI=1S/C14H24N2O/c1-12(11-15-2)16-10-4-5-13-6-8-14(17-3)9-7-13/h6-9,12,15-16H,4-5,10-11H2,1-3H3. The molecule has 0 aliphatic heterocycles. The van der Waals surface area contributed by atoms with Crippen molar-refractivity contribution < 1.29 is 4.74 Å². The average Bonchev–Trinajstić information content (AvgIpc) is 2.36. The van der Waals surface area contributed by atoms with Gasteiger partial charge in [-0.15, -0.1) is 0 Å². The molecule has 1 atom stereocenters. The van der Waals surface area contributed by atoms with Crippen LogP contribution in [0.5, 0.6) is 5.75 Å². The minimum atomic E-state index is 0.538. The van der Waals surface area contributed by atoms with Gasteiger partial charge in [-0.1, -0.05) is 12.1 Å². The first kappa shape index (κ1) is 14.0. The van der Waals surface area contributed by atoms with Gasteiger partial charge in [0, 0.05) is 12.6 Å². The molecule has 0 radical (unpaired) electrons. The summed E-state index contributed by atoms with van der Waals surface area (Å²) < 4.78 is 5.13. The first-order valence-electron chi connectivity index (χ1n) is 6.27. The van der Waals surface area contributed by atoms with Crippen LogP contribution < -0.4 is 15.4 Å². The fourth-order valence-electron chi connectivity index (χ4n) is 1.81. The van der Waals surface area contributed by atoms with E-state index in [-0.39, 0.29) is 0 Å². The lowest BCUT2D eigenvalue weighted by Crippen LogP contribution is -2.35. The molecule has 0 aliphatic carbocycles. The highest BCUT2D eigenvalue weighted by atomic mass is 16.5. The normalized spacial score (nSPS) is 12.4. The van der Waals surface area contributed by atoms with Gasteiger partial charge in [0.05, 0.1) is 7.11 Å². The summed E-state index contributed by atoms with van der Waals surface area (Å²) in [5, 5.41) is 6.65. The van der Waals surface area contributed by atoms with E-state index in [1.165, 1.54) is 12.0 Å². The summed E-state index contributed by atoms with van der Waals surface area (Å²) in [5.41, 5.74) is 1.37. The Labute approximate surface area is 105 Å². The smallest absolute Gasteiger partial charge is 0.118 e. The van der Waals surface area contributed by atoms with E-state index in [0.717, 1.165) is 25.3 Å². The number of rotatable bonds is 8. The number of hydrogen-bond acceptors (Lipinski definition) is 3. The highest BCUT2D eigenvalue weighted by Gasteiger charge is 1.99. The van der Waals surface area contributed by atoms with E-state index in [2.05, 4.69) is 29.7 Å². The molecular weight excluding hydrogens is 212 g/mol. The summed E-state index contributed by atoms with van der Waals surface area (Å²) in [4.78, 5) is 0. The van der Waals surface area contributed by atoms with Crippen LogP contribution in [0.15, 0.2) is 24.3 Å². The van der Waals surface area contributed by atoms with Gasteiger partial charge in [0.1, 0.15) is 5.75 Å². The zero-order chi connectivity index (χ0) is 12.5. The molecule has 1 aromatic carbocycles. The Morgan fingerprint density at radius 1 is 1.24 bits per heavy atom. The van der Waals surface area contributed by atoms with Gasteiger partial charge in [0.2, 0.25) is 0 Å². The number of ether oxygens (including phenoxy) is 1. The van der Waals surface area contributed by atoms with Crippen molar-refractivity contribution >= 4 is 0 Å². The first-order chi connectivity index (χ1) is 8.26. The minimum Gasteiger partial charge on any atom is -0.497 e. The summed E-state index contributed by atoms with van der Waals surface area (Å²) in [7, 11) is 3.68. The number of methoxy groups -OCH3 is 1. The van der Waals surface area contributed by atoms with Crippen LogP contribution in [0.4, 0.5) is 0 Å². The Balaban J connectivity index is 2.17. The summed E-state index contributed by atoms with van der Waals surface area (Å²) in [5.74, 6) is 0.925. The predicted molar refractivity (Wildman–Crippen MR) is 72.7 cm³/mol. The van der Waals surface area contributed by atoms with Gasteiger partial charge >= 0.3 is 0 Å². The lowest BCUT2D eigenvalue weighted by Gasteiger charge is -2.12. The molecule has 0 fully saturated rings. The summed E-state index contributed by atoms with van der Waals surface area (Å²) >= 11 is 0. The van der Waals surface area contributed by atoms with Crippen molar-refractivity contribution in [2.75, 3.05) is 27.2 Å². The van der Waals surface area contributed by atoms with Crippen molar-refractivity contribution in [2.45, 2.75) is 25.8 Å². The Morgan fingerprint density at radius 3 is 2.53 bits per heavy atom. The zero-order valence-electron chi connectivity index (χ0n) is 11.1. The highest BCUT2D eigenvalue weighted by molar-refractivity contribution is 5.27. The van der Waals surface area contributed by atoms with Crippen LogP contribution in [0.2, 0.25) is 0 Å². The second-order valence-electron chi connectivity index (χ2n) is 4.36. The maximum Gasteiger partial charge on any atom is 0.118 e. The van der Waals surface area contributed by atoms with E-state index in [0.29, 0.717) is 6.04 Å². The maximum atomic E-state index is 5.13. The van der Waals surface area contributed by atoms with Gasteiger partial charge in [-0.25, -0.2) is 0 Å². The molecule has 0 spiro atoms. The SMILES string of the molecule is CNCC(C)NCCCc1ccc(OC)cc1. The highest BCUT2D eigenvalue weighted by Crippen LogP contribution is 2.12. The van der Waals surface area contributed by atoms with Gasteiger partial charge in [-0.2, -0.15) is 0 Å².